The van der Waals surface area contributed by atoms with Crippen molar-refractivity contribution < 1.29 is 5.11 Å². The minimum atomic E-state index is 0.250. The Labute approximate surface area is 104 Å². The van der Waals surface area contributed by atoms with Crippen LogP contribution in [0.5, 0.6) is 0 Å². The molecule has 0 unspecified atom stereocenters. The van der Waals surface area contributed by atoms with Crippen molar-refractivity contribution >= 4 is 5.71 Å². The van der Waals surface area contributed by atoms with E-state index in [0.29, 0.717) is 5.92 Å². The number of nitrogens with one attached hydrogen (secondary N) is 1. The molecule has 1 saturated carbocycles. The van der Waals surface area contributed by atoms with Crippen molar-refractivity contribution in [3.8, 4) is 0 Å². The Balaban J connectivity index is 0.000000437. The molecule has 94 valence electrons. The predicted molar refractivity (Wildman–Crippen MR) is 72.9 cm³/mol. The first-order valence-corrected chi connectivity index (χ1v) is 6.41. The molecule has 0 atom stereocenters. The van der Waals surface area contributed by atoms with Crippen molar-refractivity contribution in [1.29, 1.82) is 5.41 Å². The summed E-state index contributed by atoms with van der Waals surface area (Å²) in [6.07, 6.45) is 4.33. The van der Waals surface area contributed by atoms with Crippen molar-refractivity contribution in [3.05, 3.63) is 35.4 Å². The van der Waals surface area contributed by atoms with E-state index in [1.54, 1.807) is 6.92 Å². The Morgan fingerprint density at radius 2 is 1.65 bits per heavy atom. The molecular formula is C15H23NO. The number of aliphatic hydroxyl groups excluding tert-OH is 1. The van der Waals surface area contributed by atoms with Crippen LogP contribution in [-0.2, 0) is 0 Å². The van der Waals surface area contributed by atoms with E-state index in [2.05, 4.69) is 31.2 Å². The lowest BCUT2D eigenvalue weighted by Crippen LogP contribution is -2.11. The average molecular weight is 233 g/mol. The molecule has 17 heavy (non-hydrogen) atoms. The highest BCUT2D eigenvalue weighted by atomic mass is 16.2. The van der Waals surface area contributed by atoms with Crippen LogP contribution < -0.4 is 0 Å². The zero-order valence-electron chi connectivity index (χ0n) is 10.9. The van der Waals surface area contributed by atoms with E-state index in [-0.39, 0.29) is 6.61 Å². The topological polar surface area (TPSA) is 44.1 Å². The fourth-order valence-corrected chi connectivity index (χ4v) is 2.14. The van der Waals surface area contributed by atoms with Crippen molar-refractivity contribution in [2.24, 2.45) is 0 Å². The van der Waals surface area contributed by atoms with Crippen LogP contribution in [-0.4, -0.2) is 17.4 Å². The fourth-order valence-electron chi connectivity index (χ4n) is 2.14. The van der Waals surface area contributed by atoms with Crippen LogP contribution in [0.1, 0.15) is 49.7 Å². The van der Waals surface area contributed by atoms with Gasteiger partial charge in [0.15, 0.2) is 0 Å². The molecule has 0 spiro atoms. The molecule has 2 heteroatoms. The fraction of sp³-hybridized carbons (Fsp3) is 0.533. The first kappa shape index (κ1) is 13.9. The van der Waals surface area contributed by atoms with Gasteiger partial charge in [0.1, 0.15) is 0 Å². The van der Waals surface area contributed by atoms with Gasteiger partial charge in [-0.25, -0.2) is 0 Å². The van der Waals surface area contributed by atoms with Crippen LogP contribution in [0, 0.1) is 12.3 Å². The molecule has 2 nitrogen and oxygen atoms in total. The monoisotopic (exact) mass is 233 g/mol. The van der Waals surface area contributed by atoms with Crippen molar-refractivity contribution in [2.45, 2.75) is 45.4 Å². The van der Waals surface area contributed by atoms with Gasteiger partial charge < -0.3 is 10.5 Å². The maximum absolute atomic E-state index is 7.58. The lowest BCUT2D eigenvalue weighted by Gasteiger charge is -2.22. The number of benzene rings is 1. The van der Waals surface area contributed by atoms with E-state index in [4.69, 9.17) is 10.5 Å². The summed E-state index contributed by atoms with van der Waals surface area (Å²) in [5.41, 5.74) is 3.73. The summed E-state index contributed by atoms with van der Waals surface area (Å²) in [4.78, 5) is 0. The Morgan fingerprint density at radius 3 is 2.12 bits per heavy atom. The van der Waals surface area contributed by atoms with Crippen molar-refractivity contribution in [3.63, 3.8) is 0 Å². The molecule has 1 fully saturated rings. The Bertz CT molecular complexity index is 332. The molecule has 1 aromatic rings. The summed E-state index contributed by atoms with van der Waals surface area (Å²) in [6.45, 7) is 4.06. The standard InChI is InChI=1S/C13H17N.C2H6O/c1-10-2-4-11(5-3-10)12-6-8-13(14)9-7-12;1-2-3/h2-5,12,14H,6-9H2,1H3;3H,2H2,1H3. The first-order valence-electron chi connectivity index (χ1n) is 6.41. The Kier molecular flexibility index (Phi) is 5.92. The molecule has 0 aliphatic heterocycles. The SMILES string of the molecule is CCO.Cc1ccc(C2CCC(=N)CC2)cc1. The van der Waals surface area contributed by atoms with Crippen LogP contribution in [0.3, 0.4) is 0 Å². The summed E-state index contributed by atoms with van der Waals surface area (Å²) < 4.78 is 0. The third-order valence-corrected chi connectivity index (χ3v) is 3.14. The van der Waals surface area contributed by atoms with Crippen LogP contribution >= 0.6 is 0 Å². The van der Waals surface area contributed by atoms with E-state index < -0.39 is 0 Å². The van der Waals surface area contributed by atoms with Gasteiger partial charge in [-0.15, -0.1) is 0 Å². The van der Waals surface area contributed by atoms with Gasteiger partial charge in [-0.3, -0.25) is 0 Å². The number of aliphatic hydroxyl groups is 1. The van der Waals surface area contributed by atoms with Crippen LogP contribution in [0.15, 0.2) is 24.3 Å². The molecule has 2 rings (SSSR count). The molecular weight excluding hydrogens is 210 g/mol. The third-order valence-electron chi connectivity index (χ3n) is 3.14. The number of hydrogen-bond acceptors (Lipinski definition) is 2. The molecule has 0 bridgehead atoms. The molecule has 0 radical (unpaired) electrons. The maximum atomic E-state index is 7.58. The van der Waals surface area contributed by atoms with Gasteiger partial charge in [-0.05, 0) is 51.0 Å². The van der Waals surface area contributed by atoms with E-state index in [9.17, 15) is 0 Å². The second-order valence-electron chi connectivity index (χ2n) is 4.60. The quantitative estimate of drug-likeness (QED) is 0.763. The normalized spacial score (nSPS) is 19.5. The van der Waals surface area contributed by atoms with Gasteiger partial charge in [0.25, 0.3) is 0 Å². The third kappa shape index (κ3) is 4.70. The van der Waals surface area contributed by atoms with E-state index in [1.807, 2.05) is 0 Å². The molecule has 1 aliphatic carbocycles. The summed E-state index contributed by atoms with van der Waals surface area (Å²) in [5, 5.41) is 15.1. The summed E-state index contributed by atoms with van der Waals surface area (Å²) in [6, 6.07) is 8.87. The van der Waals surface area contributed by atoms with Crippen molar-refractivity contribution in [1.82, 2.24) is 0 Å². The van der Waals surface area contributed by atoms with E-state index in [1.165, 1.54) is 24.0 Å². The van der Waals surface area contributed by atoms with Gasteiger partial charge >= 0.3 is 0 Å². The smallest absolute Gasteiger partial charge is 0.0402 e. The number of aryl methyl sites for hydroxylation is 1. The molecule has 2 N–H and O–H groups in total. The molecule has 0 heterocycles. The van der Waals surface area contributed by atoms with Crippen LogP contribution in [0.25, 0.3) is 0 Å². The summed E-state index contributed by atoms with van der Waals surface area (Å²) in [7, 11) is 0. The predicted octanol–water partition coefficient (Wildman–Crippen LogP) is 3.67. The minimum absolute atomic E-state index is 0.250. The van der Waals surface area contributed by atoms with Crippen LogP contribution in [0.4, 0.5) is 0 Å². The summed E-state index contributed by atoms with van der Waals surface area (Å²) >= 11 is 0. The van der Waals surface area contributed by atoms with E-state index >= 15 is 0 Å². The highest BCUT2D eigenvalue weighted by molar-refractivity contribution is 5.82. The largest absolute Gasteiger partial charge is 0.397 e. The maximum Gasteiger partial charge on any atom is 0.0402 e. The second kappa shape index (κ2) is 7.23. The molecule has 0 amide bonds. The minimum Gasteiger partial charge on any atom is -0.397 e. The van der Waals surface area contributed by atoms with Gasteiger partial charge in [-0.1, -0.05) is 29.8 Å². The van der Waals surface area contributed by atoms with E-state index in [0.717, 1.165) is 18.6 Å². The first-order chi connectivity index (χ1) is 8.17. The Hall–Kier alpha value is -1.15. The van der Waals surface area contributed by atoms with Gasteiger partial charge in [0, 0.05) is 12.3 Å². The number of rotatable bonds is 1. The van der Waals surface area contributed by atoms with Crippen LogP contribution in [0.2, 0.25) is 0 Å². The van der Waals surface area contributed by atoms with Gasteiger partial charge in [-0.2, -0.15) is 0 Å². The Morgan fingerprint density at radius 1 is 1.18 bits per heavy atom. The van der Waals surface area contributed by atoms with Gasteiger partial charge in [0.05, 0.1) is 0 Å². The highest BCUT2D eigenvalue weighted by Crippen LogP contribution is 2.31. The highest BCUT2D eigenvalue weighted by Gasteiger charge is 2.17. The molecule has 1 aromatic carbocycles. The van der Waals surface area contributed by atoms with Gasteiger partial charge in [0.2, 0.25) is 0 Å². The average Bonchev–Trinajstić information content (AvgIpc) is 2.32. The second-order valence-corrected chi connectivity index (χ2v) is 4.60. The number of hydrogen-bond donors (Lipinski definition) is 2. The zero-order valence-corrected chi connectivity index (χ0v) is 10.9. The van der Waals surface area contributed by atoms with Crippen molar-refractivity contribution in [2.75, 3.05) is 6.61 Å². The molecule has 0 saturated heterocycles. The molecule has 1 aliphatic rings. The summed E-state index contributed by atoms with van der Waals surface area (Å²) in [5.74, 6) is 0.699. The lowest BCUT2D eigenvalue weighted by molar-refractivity contribution is 0.318. The zero-order chi connectivity index (χ0) is 12.7. The lowest BCUT2D eigenvalue weighted by atomic mass is 9.83. The molecule has 0 aromatic heterocycles.